The molecule has 0 bridgehead atoms. The van der Waals surface area contributed by atoms with Gasteiger partial charge in [0.25, 0.3) is 0 Å². The second-order valence-electron chi connectivity index (χ2n) is 7.34. The quantitative estimate of drug-likeness (QED) is 0.314. The van der Waals surface area contributed by atoms with Crippen molar-refractivity contribution in [3.05, 3.63) is 126 Å². The van der Waals surface area contributed by atoms with Crippen LogP contribution in [0.5, 0.6) is 0 Å². The van der Waals surface area contributed by atoms with Gasteiger partial charge in [-0.3, -0.25) is 0 Å². The molecule has 4 aromatic carbocycles. The maximum absolute atomic E-state index is 4.51. The topological polar surface area (TPSA) is 0 Å². The molecule has 0 aliphatic rings. The van der Waals surface area contributed by atoms with E-state index in [1.165, 1.54) is 27.0 Å². The Kier molecular flexibility index (Phi) is 5.23. The number of hydrogen-bond acceptors (Lipinski definition) is 0. The minimum absolute atomic E-state index is 0.936. The molecule has 0 aliphatic heterocycles. The van der Waals surface area contributed by atoms with E-state index in [-0.39, 0.29) is 0 Å². The molecule has 2 heteroatoms. The van der Waals surface area contributed by atoms with Gasteiger partial charge in [0.15, 0.2) is 0 Å². The fourth-order valence-corrected chi connectivity index (χ4v) is 11.8. The minimum atomic E-state index is -2.89. The molecule has 4 rings (SSSR count). The molecule has 0 N–H and O–H groups in total. The molecule has 140 valence electrons. The fraction of sp³-hybridized carbons (Fsp3) is 0.0769. The summed E-state index contributed by atoms with van der Waals surface area (Å²) in [5, 5.41) is 1.17. The van der Waals surface area contributed by atoms with Crippen LogP contribution in [0.1, 0.15) is 11.1 Å². The number of hydrogen-bond donors (Lipinski definition) is 0. The van der Waals surface area contributed by atoms with E-state index in [4.69, 9.17) is 0 Å². The van der Waals surface area contributed by atoms with Crippen molar-refractivity contribution in [2.75, 3.05) is 0 Å². The van der Waals surface area contributed by atoms with Crippen LogP contribution in [-0.4, -0.2) is 0 Å². The molecule has 0 nitrogen and oxygen atoms in total. The molecule has 0 aliphatic carbocycles. The summed E-state index contributed by atoms with van der Waals surface area (Å²) in [6.07, 6.45) is 0.936. The summed E-state index contributed by atoms with van der Waals surface area (Å²) >= 11 is 4.51. The Hall–Kier alpha value is -2.21. The van der Waals surface area contributed by atoms with Gasteiger partial charge in [0, 0.05) is 0 Å². The van der Waals surface area contributed by atoms with Crippen molar-refractivity contribution in [3.8, 4) is 0 Å². The van der Waals surface area contributed by atoms with Gasteiger partial charge in [-0.25, -0.2) is 0 Å². The van der Waals surface area contributed by atoms with Crippen molar-refractivity contribution in [2.45, 2.75) is 13.1 Å². The number of benzene rings is 4. The van der Waals surface area contributed by atoms with Crippen LogP contribution >= 0.6 is 20.8 Å². The second-order valence-corrected chi connectivity index (χ2v) is 16.3. The third-order valence-corrected chi connectivity index (χ3v) is 15.0. The SMILES string of the molecule is Cc1cccc(CP(Br)(c2ccccc2)(c2ccccc2)c2ccccc2)c1. The van der Waals surface area contributed by atoms with Gasteiger partial charge in [-0.05, 0) is 0 Å². The molecule has 0 atom stereocenters. The van der Waals surface area contributed by atoms with Gasteiger partial charge in [-0.15, -0.1) is 0 Å². The first-order chi connectivity index (χ1) is 13.6. The zero-order chi connectivity index (χ0) is 19.5. The van der Waals surface area contributed by atoms with Crippen LogP contribution in [0.15, 0.2) is 115 Å². The molecule has 0 fully saturated rings. The molecule has 0 saturated carbocycles. The molecular weight excluding hydrogens is 423 g/mol. The summed E-state index contributed by atoms with van der Waals surface area (Å²) in [5.41, 5.74) is 2.65. The molecule has 0 saturated heterocycles. The van der Waals surface area contributed by atoms with Crippen LogP contribution < -0.4 is 15.9 Å². The Morgan fingerprint density at radius 1 is 0.571 bits per heavy atom. The van der Waals surface area contributed by atoms with Crippen molar-refractivity contribution in [2.24, 2.45) is 0 Å². The molecule has 0 heterocycles. The van der Waals surface area contributed by atoms with E-state index in [1.54, 1.807) is 0 Å². The number of aryl methyl sites for hydroxylation is 1. The normalized spacial score (nSPS) is 12.9. The predicted molar refractivity (Wildman–Crippen MR) is 129 cm³/mol. The van der Waals surface area contributed by atoms with Gasteiger partial charge in [0.2, 0.25) is 0 Å². The van der Waals surface area contributed by atoms with Crippen LogP contribution in [0.3, 0.4) is 0 Å². The van der Waals surface area contributed by atoms with Gasteiger partial charge < -0.3 is 0 Å². The first-order valence-corrected chi connectivity index (χ1v) is 14.0. The van der Waals surface area contributed by atoms with Crippen molar-refractivity contribution in [1.29, 1.82) is 0 Å². The summed E-state index contributed by atoms with van der Waals surface area (Å²) in [5.74, 6) is 0. The molecular formula is C26H24BrP. The molecule has 0 radical (unpaired) electrons. The first-order valence-electron chi connectivity index (χ1n) is 9.56. The second kappa shape index (κ2) is 7.66. The van der Waals surface area contributed by atoms with Gasteiger partial charge in [0.05, 0.1) is 0 Å². The average molecular weight is 447 g/mol. The van der Waals surface area contributed by atoms with Gasteiger partial charge in [-0.1, -0.05) is 0 Å². The maximum atomic E-state index is 4.51. The van der Waals surface area contributed by atoms with Crippen LogP contribution in [0.4, 0.5) is 0 Å². The van der Waals surface area contributed by atoms with E-state index < -0.39 is 5.31 Å². The van der Waals surface area contributed by atoms with E-state index in [0.717, 1.165) is 6.16 Å². The Bertz CT molecular complexity index is 960. The average Bonchev–Trinajstić information content (AvgIpc) is 2.76. The molecule has 4 aromatic rings. The van der Waals surface area contributed by atoms with Crippen LogP contribution in [0.2, 0.25) is 0 Å². The third kappa shape index (κ3) is 3.24. The number of rotatable bonds is 5. The van der Waals surface area contributed by atoms with E-state index in [9.17, 15) is 0 Å². The Morgan fingerprint density at radius 3 is 1.39 bits per heavy atom. The van der Waals surface area contributed by atoms with Gasteiger partial charge in [0.1, 0.15) is 0 Å². The van der Waals surface area contributed by atoms with Crippen molar-refractivity contribution in [1.82, 2.24) is 0 Å². The summed E-state index contributed by atoms with van der Waals surface area (Å²) in [4.78, 5) is 0. The standard InChI is InChI=1S/C26H24BrP/c1-22-12-11-13-23(20-22)21-28(27,24-14-5-2-6-15-24,25-16-7-3-8-17-25)26-18-9-4-10-19-26/h2-20H,21H2,1H3. The van der Waals surface area contributed by atoms with Crippen molar-refractivity contribution >= 4 is 36.7 Å². The zero-order valence-corrected chi connectivity index (χ0v) is 18.5. The zero-order valence-electron chi connectivity index (χ0n) is 16.0. The third-order valence-electron chi connectivity index (χ3n) is 5.45. The van der Waals surface area contributed by atoms with E-state index in [1.807, 2.05) is 0 Å². The van der Waals surface area contributed by atoms with E-state index in [2.05, 4.69) is 138 Å². The Morgan fingerprint density at radius 2 is 1.00 bits per heavy atom. The van der Waals surface area contributed by atoms with Crippen LogP contribution in [0, 0.1) is 6.92 Å². The first kappa shape index (κ1) is 19.1. The Labute approximate surface area is 175 Å². The van der Waals surface area contributed by atoms with Crippen LogP contribution in [-0.2, 0) is 6.16 Å². The van der Waals surface area contributed by atoms with Gasteiger partial charge in [-0.2, -0.15) is 0 Å². The fourth-order valence-electron chi connectivity index (χ4n) is 4.09. The monoisotopic (exact) mass is 446 g/mol. The molecule has 0 spiro atoms. The van der Waals surface area contributed by atoms with Crippen molar-refractivity contribution in [3.63, 3.8) is 0 Å². The number of halogens is 1. The molecule has 0 aromatic heterocycles. The van der Waals surface area contributed by atoms with Crippen LogP contribution in [0.25, 0.3) is 0 Å². The van der Waals surface area contributed by atoms with E-state index in [0.29, 0.717) is 0 Å². The summed E-state index contributed by atoms with van der Waals surface area (Å²) in [7, 11) is 0. The van der Waals surface area contributed by atoms with E-state index >= 15 is 0 Å². The van der Waals surface area contributed by atoms with Crippen molar-refractivity contribution < 1.29 is 0 Å². The Balaban J connectivity index is 2.09. The van der Waals surface area contributed by atoms with Gasteiger partial charge >= 0.3 is 176 Å². The molecule has 0 unspecified atom stereocenters. The predicted octanol–water partition coefficient (Wildman–Crippen LogP) is 6.33. The molecule has 0 amide bonds. The summed E-state index contributed by atoms with van der Waals surface area (Å²) in [6.45, 7) is 2.17. The molecule has 28 heavy (non-hydrogen) atoms. The summed E-state index contributed by atoms with van der Waals surface area (Å²) in [6, 6.07) is 41.8. The summed E-state index contributed by atoms with van der Waals surface area (Å²) < 4.78 is 0.